The summed E-state index contributed by atoms with van der Waals surface area (Å²) < 4.78 is 0. The molecule has 0 aliphatic carbocycles. The van der Waals surface area contributed by atoms with Gasteiger partial charge in [0.1, 0.15) is 0 Å². The largest absolute Gasteiger partial charge is 0.129 e. The fraction of sp³-hybridized carbons (Fsp3) is 0.273. The van der Waals surface area contributed by atoms with Crippen molar-refractivity contribution in [2.24, 2.45) is 0 Å². The number of rotatable bonds is 1. The Kier molecular flexibility index (Phi) is 3.47. The molecule has 1 heterocycles. The molecule has 0 saturated carbocycles. The van der Waals surface area contributed by atoms with Crippen LogP contribution in [-0.4, -0.2) is 11.5 Å². The summed E-state index contributed by atoms with van der Waals surface area (Å²) in [5, 5.41) is 0.806. The average molecular weight is 243 g/mol. The monoisotopic (exact) mass is 242 g/mol. The van der Waals surface area contributed by atoms with Gasteiger partial charge in [-0.15, -0.1) is 23.5 Å². The van der Waals surface area contributed by atoms with Gasteiger partial charge < -0.3 is 0 Å². The second-order valence-electron chi connectivity index (χ2n) is 3.09. The Hall–Kier alpha value is -0.0500. The molecule has 0 nitrogen and oxygen atoms in total. The molecular weight excluding hydrogens is 232 g/mol. The molecule has 0 atom stereocenters. The molecule has 0 aromatic heterocycles. The van der Waals surface area contributed by atoms with Crippen molar-refractivity contribution in [3.8, 4) is 0 Å². The van der Waals surface area contributed by atoms with Crippen molar-refractivity contribution >= 4 is 40.0 Å². The summed E-state index contributed by atoms with van der Waals surface area (Å²) in [6.45, 7) is 2.20. The molecular formula is C11H11ClS2. The maximum Gasteiger partial charge on any atom is 0.0406 e. The van der Waals surface area contributed by atoms with Crippen LogP contribution >= 0.6 is 35.1 Å². The zero-order valence-electron chi connectivity index (χ0n) is 7.92. The lowest BCUT2D eigenvalue weighted by Gasteiger charge is -2.16. The summed E-state index contributed by atoms with van der Waals surface area (Å²) in [4.78, 5) is 2.85. The molecule has 14 heavy (non-hydrogen) atoms. The van der Waals surface area contributed by atoms with Gasteiger partial charge >= 0.3 is 0 Å². The minimum atomic E-state index is 0.806. The number of hydrogen-bond donors (Lipinski definition) is 0. The topological polar surface area (TPSA) is 0 Å². The van der Waals surface area contributed by atoms with Crippen LogP contribution in [0.2, 0.25) is 5.02 Å². The van der Waals surface area contributed by atoms with Gasteiger partial charge in [-0.2, -0.15) is 0 Å². The van der Waals surface area contributed by atoms with Gasteiger partial charge in [-0.05, 0) is 29.5 Å². The first-order valence-electron chi connectivity index (χ1n) is 4.50. The SMILES string of the molecule is CC1=C(c2ccc(Cl)cc2)SCCS1. The molecule has 0 fully saturated rings. The van der Waals surface area contributed by atoms with Crippen LogP contribution in [0.1, 0.15) is 12.5 Å². The molecule has 0 spiro atoms. The maximum absolute atomic E-state index is 5.86. The van der Waals surface area contributed by atoms with E-state index in [0.717, 1.165) is 5.02 Å². The van der Waals surface area contributed by atoms with Gasteiger partial charge in [0, 0.05) is 21.4 Å². The quantitative estimate of drug-likeness (QED) is 0.711. The summed E-state index contributed by atoms with van der Waals surface area (Å²) >= 11 is 9.76. The third kappa shape index (κ3) is 2.30. The zero-order valence-corrected chi connectivity index (χ0v) is 10.3. The molecule has 74 valence electrons. The van der Waals surface area contributed by atoms with E-state index in [4.69, 9.17) is 11.6 Å². The van der Waals surface area contributed by atoms with Gasteiger partial charge in [0.05, 0.1) is 0 Å². The molecule has 1 aliphatic rings. The van der Waals surface area contributed by atoms with Crippen LogP contribution in [0.3, 0.4) is 0 Å². The second-order valence-corrected chi connectivity index (χ2v) is 5.94. The number of thioether (sulfide) groups is 2. The van der Waals surface area contributed by atoms with Crippen LogP contribution in [0.5, 0.6) is 0 Å². The van der Waals surface area contributed by atoms with E-state index in [1.807, 2.05) is 35.7 Å². The third-order valence-electron chi connectivity index (χ3n) is 2.07. The predicted octanol–water partition coefficient (Wildman–Crippen LogP) is 4.51. The van der Waals surface area contributed by atoms with E-state index < -0.39 is 0 Å². The molecule has 1 aromatic rings. The van der Waals surface area contributed by atoms with Crippen molar-refractivity contribution in [3.63, 3.8) is 0 Å². The summed E-state index contributed by atoms with van der Waals surface area (Å²) in [6, 6.07) is 8.11. The highest BCUT2D eigenvalue weighted by Gasteiger charge is 2.11. The Balaban J connectivity index is 2.34. The van der Waals surface area contributed by atoms with Gasteiger partial charge in [-0.1, -0.05) is 23.7 Å². The lowest BCUT2D eigenvalue weighted by atomic mass is 10.2. The van der Waals surface area contributed by atoms with Crippen molar-refractivity contribution in [1.82, 2.24) is 0 Å². The van der Waals surface area contributed by atoms with Crippen LogP contribution in [0.25, 0.3) is 4.91 Å². The Morgan fingerprint density at radius 1 is 1.07 bits per heavy atom. The zero-order chi connectivity index (χ0) is 9.97. The Bertz CT molecular complexity index is 354. The van der Waals surface area contributed by atoms with E-state index in [1.165, 1.54) is 26.9 Å². The van der Waals surface area contributed by atoms with Gasteiger partial charge in [0.2, 0.25) is 0 Å². The summed E-state index contributed by atoms with van der Waals surface area (Å²) in [7, 11) is 0. The number of benzene rings is 1. The third-order valence-corrected chi connectivity index (χ3v) is 5.00. The van der Waals surface area contributed by atoms with Crippen LogP contribution in [-0.2, 0) is 0 Å². The predicted molar refractivity (Wildman–Crippen MR) is 69.0 cm³/mol. The lowest BCUT2D eigenvalue weighted by molar-refractivity contribution is 1.52. The van der Waals surface area contributed by atoms with Gasteiger partial charge in [-0.25, -0.2) is 0 Å². The number of hydrogen-bond acceptors (Lipinski definition) is 2. The van der Waals surface area contributed by atoms with Crippen molar-refractivity contribution in [2.75, 3.05) is 11.5 Å². The second kappa shape index (κ2) is 4.65. The molecule has 2 rings (SSSR count). The fourth-order valence-electron chi connectivity index (χ4n) is 1.39. The highest BCUT2D eigenvalue weighted by molar-refractivity contribution is 8.13. The maximum atomic E-state index is 5.86. The van der Waals surface area contributed by atoms with E-state index in [0.29, 0.717) is 0 Å². The van der Waals surface area contributed by atoms with Crippen molar-refractivity contribution in [2.45, 2.75) is 6.92 Å². The van der Waals surface area contributed by atoms with Crippen LogP contribution in [0, 0.1) is 0 Å². The molecule has 0 N–H and O–H groups in total. The normalized spacial score (nSPS) is 17.3. The molecule has 1 aromatic carbocycles. The molecule has 1 aliphatic heterocycles. The Morgan fingerprint density at radius 2 is 1.71 bits per heavy atom. The van der Waals surface area contributed by atoms with E-state index in [-0.39, 0.29) is 0 Å². The highest BCUT2D eigenvalue weighted by Crippen LogP contribution is 2.40. The van der Waals surface area contributed by atoms with E-state index in [2.05, 4.69) is 19.1 Å². The van der Waals surface area contributed by atoms with E-state index in [9.17, 15) is 0 Å². The minimum Gasteiger partial charge on any atom is -0.129 e. The summed E-state index contributed by atoms with van der Waals surface area (Å²) in [5.41, 5.74) is 1.30. The van der Waals surface area contributed by atoms with Crippen LogP contribution in [0.15, 0.2) is 29.2 Å². The number of allylic oxidation sites excluding steroid dienone is 1. The van der Waals surface area contributed by atoms with Crippen LogP contribution in [0.4, 0.5) is 0 Å². The van der Waals surface area contributed by atoms with Crippen molar-refractivity contribution in [3.05, 3.63) is 39.8 Å². The first-order chi connectivity index (χ1) is 6.77. The fourth-order valence-corrected chi connectivity index (χ4v) is 3.81. The van der Waals surface area contributed by atoms with Gasteiger partial charge in [-0.3, -0.25) is 0 Å². The first kappa shape index (κ1) is 10.5. The highest BCUT2D eigenvalue weighted by atomic mass is 35.5. The smallest absolute Gasteiger partial charge is 0.0406 e. The molecule has 0 radical (unpaired) electrons. The minimum absolute atomic E-state index is 0.806. The summed E-state index contributed by atoms with van der Waals surface area (Å²) in [6.07, 6.45) is 0. The standard InChI is InChI=1S/C11H11ClS2/c1-8-11(14-7-6-13-8)9-2-4-10(12)5-3-9/h2-5H,6-7H2,1H3. The van der Waals surface area contributed by atoms with Gasteiger partial charge in [0.25, 0.3) is 0 Å². The lowest BCUT2D eigenvalue weighted by Crippen LogP contribution is -1.94. The molecule has 3 heteroatoms. The first-order valence-corrected chi connectivity index (χ1v) is 6.85. The van der Waals surface area contributed by atoms with Gasteiger partial charge in [0.15, 0.2) is 0 Å². The number of halogens is 1. The average Bonchev–Trinajstić information content (AvgIpc) is 2.20. The van der Waals surface area contributed by atoms with E-state index >= 15 is 0 Å². The van der Waals surface area contributed by atoms with Crippen molar-refractivity contribution in [1.29, 1.82) is 0 Å². The molecule has 0 bridgehead atoms. The Morgan fingerprint density at radius 3 is 2.36 bits per heavy atom. The summed E-state index contributed by atoms with van der Waals surface area (Å²) in [5.74, 6) is 2.44. The van der Waals surface area contributed by atoms with Crippen LogP contribution < -0.4 is 0 Å². The Labute approximate surface area is 98.1 Å². The van der Waals surface area contributed by atoms with E-state index in [1.54, 1.807) is 0 Å². The molecule has 0 saturated heterocycles. The van der Waals surface area contributed by atoms with Crippen molar-refractivity contribution < 1.29 is 0 Å². The molecule has 0 amide bonds. The molecule has 0 unspecified atom stereocenters.